The number of fused-ring (bicyclic) bond motifs is 2. The molecule has 2 rings (SSSR count). The lowest BCUT2D eigenvalue weighted by atomic mass is 9.71. The van der Waals surface area contributed by atoms with Gasteiger partial charge in [-0.1, -0.05) is 26.0 Å². The van der Waals surface area contributed by atoms with Crippen molar-refractivity contribution in [3.8, 4) is 0 Å². The Hall–Kier alpha value is -0.235. The number of rotatable bonds is 1. The second-order valence-corrected chi connectivity index (χ2v) is 4.00. The third kappa shape index (κ3) is 0.907. The Labute approximate surface area is 75.6 Å². The van der Waals surface area contributed by atoms with Gasteiger partial charge in [0.15, 0.2) is 0 Å². The topological polar surface area (TPSA) is 9.23 Å². The SMILES string of the molecule is [B][C@@H]1O[C@@]2(CC)CC=C[C@H]1C2C. The predicted octanol–water partition coefficient (Wildman–Crippen LogP) is 1.87. The minimum Gasteiger partial charge on any atom is -0.380 e. The van der Waals surface area contributed by atoms with E-state index in [1.54, 1.807) is 0 Å². The van der Waals surface area contributed by atoms with Gasteiger partial charge in [-0.25, -0.2) is 0 Å². The van der Waals surface area contributed by atoms with Crippen LogP contribution in [0.5, 0.6) is 0 Å². The Morgan fingerprint density at radius 2 is 2.42 bits per heavy atom. The molecule has 4 atom stereocenters. The van der Waals surface area contributed by atoms with Crippen LogP contribution in [0, 0.1) is 11.8 Å². The molecule has 0 spiro atoms. The lowest BCUT2D eigenvalue weighted by Gasteiger charge is -2.33. The maximum Gasteiger partial charge on any atom is 0.109 e. The standard InChI is InChI=1S/C10H15BO/c1-3-10-6-4-5-8(7(10)2)9(11)12-10/h4-5,7-9H,3,6H2,1-2H3/t7?,8-,9+,10-/m0/s1. The Bertz CT molecular complexity index is 214. The molecule has 0 aromatic heterocycles. The van der Waals surface area contributed by atoms with Crippen molar-refractivity contribution in [1.82, 2.24) is 0 Å². The molecule has 0 saturated carbocycles. The Morgan fingerprint density at radius 1 is 1.67 bits per heavy atom. The normalized spacial score (nSPS) is 51.3. The van der Waals surface area contributed by atoms with Crippen molar-refractivity contribution < 1.29 is 4.74 Å². The maximum absolute atomic E-state index is 5.90. The first kappa shape index (κ1) is 8.37. The molecular formula is C10H15BO. The molecule has 0 aromatic carbocycles. The molecule has 12 heavy (non-hydrogen) atoms. The van der Waals surface area contributed by atoms with Crippen molar-refractivity contribution in [3.63, 3.8) is 0 Å². The van der Waals surface area contributed by atoms with E-state index in [2.05, 4.69) is 26.0 Å². The lowest BCUT2D eigenvalue weighted by Crippen LogP contribution is -2.35. The Morgan fingerprint density at radius 3 is 3.00 bits per heavy atom. The van der Waals surface area contributed by atoms with Crippen molar-refractivity contribution >= 4 is 7.85 Å². The van der Waals surface area contributed by atoms with Crippen LogP contribution < -0.4 is 0 Å². The van der Waals surface area contributed by atoms with E-state index >= 15 is 0 Å². The average Bonchev–Trinajstić information content (AvgIpc) is 2.23. The molecule has 2 radical (unpaired) electrons. The molecule has 1 aliphatic carbocycles. The molecule has 2 aliphatic rings. The van der Waals surface area contributed by atoms with Crippen LogP contribution in [-0.4, -0.2) is 19.5 Å². The van der Waals surface area contributed by atoms with Crippen LogP contribution in [-0.2, 0) is 4.74 Å². The molecule has 1 nitrogen and oxygen atoms in total. The molecule has 1 aliphatic heterocycles. The summed E-state index contributed by atoms with van der Waals surface area (Å²) in [4.78, 5) is 0. The highest BCUT2D eigenvalue weighted by molar-refractivity contribution is 6.11. The summed E-state index contributed by atoms with van der Waals surface area (Å²) in [5.74, 6) is 1.03. The quantitative estimate of drug-likeness (QED) is 0.422. The molecule has 0 aromatic rings. The summed E-state index contributed by atoms with van der Waals surface area (Å²) in [5.41, 5.74) is 0.0544. The predicted molar refractivity (Wildman–Crippen MR) is 50.1 cm³/mol. The van der Waals surface area contributed by atoms with E-state index in [1.807, 2.05) is 0 Å². The minimum absolute atomic E-state index is 0.0544. The van der Waals surface area contributed by atoms with Crippen molar-refractivity contribution in [2.45, 2.75) is 38.3 Å². The van der Waals surface area contributed by atoms with E-state index in [4.69, 9.17) is 12.6 Å². The van der Waals surface area contributed by atoms with Crippen molar-refractivity contribution in [2.75, 3.05) is 0 Å². The van der Waals surface area contributed by atoms with E-state index in [0.29, 0.717) is 11.8 Å². The maximum atomic E-state index is 5.90. The van der Waals surface area contributed by atoms with Gasteiger partial charge in [-0.2, -0.15) is 0 Å². The molecular weight excluding hydrogens is 147 g/mol. The number of hydrogen-bond acceptors (Lipinski definition) is 1. The van der Waals surface area contributed by atoms with Crippen LogP contribution in [0.3, 0.4) is 0 Å². The van der Waals surface area contributed by atoms with Crippen LogP contribution in [0.15, 0.2) is 12.2 Å². The molecule has 2 heteroatoms. The van der Waals surface area contributed by atoms with Gasteiger partial charge < -0.3 is 4.74 Å². The summed E-state index contributed by atoms with van der Waals surface area (Å²) in [6, 6.07) is -0.0706. The zero-order valence-corrected chi connectivity index (χ0v) is 7.79. The highest BCUT2D eigenvalue weighted by Gasteiger charge is 2.49. The van der Waals surface area contributed by atoms with Crippen molar-refractivity contribution in [1.29, 1.82) is 0 Å². The molecule has 1 saturated heterocycles. The van der Waals surface area contributed by atoms with Gasteiger partial charge in [0.25, 0.3) is 0 Å². The van der Waals surface area contributed by atoms with Gasteiger partial charge in [-0.3, -0.25) is 0 Å². The molecule has 1 heterocycles. The van der Waals surface area contributed by atoms with Crippen LogP contribution in [0.1, 0.15) is 26.7 Å². The van der Waals surface area contributed by atoms with E-state index in [9.17, 15) is 0 Å². The smallest absolute Gasteiger partial charge is 0.109 e. The number of ether oxygens (including phenoxy) is 1. The third-order valence-corrected chi connectivity index (χ3v) is 3.58. The first-order valence-corrected chi connectivity index (χ1v) is 4.79. The Balaban J connectivity index is 2.32. The summed E-state index contributed by atoms with van der Waals surface area (Å²) in [6.07, 6.45) is 6.55. The number of hydrogen-bond donors (Lipinski definition) is 0. The lowest BCUT2D eigenvalue weighted by molar-refractivity contribution is -0.0313. The third-order valence-electron chi connectivity index (χ3n) is 3.58. The summed E-state index contributed by atoms with van der Waals surface area (Å²) >= 11 is 0. The summed E-state index contributed by atoms with van der Waals surface area (Å²) in [7, 11) is 5.90. The van der Waals surface area contributed by atoms with Gasteiger partial charge >= 0.3 is 0 Å². The van der Waals surface area contributed by atoms with Gasteiger partial charge in [0.05, 0.1) is 5.60 Å². The largest absolute Gasteiger partial charge is 0.380 e. The highest BCUT2D eigenvalue weighted by Crippen LogP contribution is 2.47. The molecule has 1 fully saturated rings. The van der Waals surface area contributed by atoms with E-state index in [0.717, 1.165) is 12.8 Å². The average molecular weight is 162 g/mol. The van der Waals surface area contributed by atoms with Gasteiger partial charge in [0.1, 0.15) is 7.85 Å². The van der Waals surface area contributed by atoms with Gasteiger partial charge in [-0.05, 0) is 24.7 Å². The first-order chi connectivity index (χ1) is 5.69. The van der Waals surface area contributed by atoms with Gasteiger partial charge in [0.2, 0.25) is 0 Å². The summed E-state index contributed by atoms with van der Waals surface area (Å²) < 4.78 is 5.85. The molecule has 0 amide bonds. The molecule has 2 bridgehead atoms. The van der Waals surface area contributed by atoms with E-state index in [1.165, 1.54) is 0 Å². The second-order valence-electron chi connectivity index (χ2n) is 4.00. The van der Waals surface area contributed by atoms with Crippen molar-refractivity contribution in [3.05, 3.63) is 12.2 Å². The minimum atomic E-state index is -0.0706. The second kappa shape index (κ2) is 2.63. The van der Waals surface area contributed by atoms with E-state index < -0.39 is 0 Å². The van der Waals surface area contributed by atoms with Crippen LogP contribution >= 0.6 is 0 Å². The van der Waals surface area contributed by atoms with Crippen LogP contribution in [0.25, 0.3) is 0 Å². The molecule has 0 N–H and O–H groups in total. The summed E-state index contributed by atoms with van der Waals surface area (Å²) in [6.45, 7) is 4.44. The zero-order valence-electron chi connectivity index (χ0n) is 7.79. The molecule has 1 unspecified atom stereocenters. The first-order valence-electron chi connectivity index (χ1n) is 4.79. The highest BCUT2D eigenvalue weighted by atomic mass is 16.5. The van der Waals surface area contributed by atoms with Crippen molar-refractivity contribution in [2.24, 2.45) is 11.8 Å². The summed E-state index contributed by atoms with van der Waals surface area (Å²) in [5, 5.41) is 0. The van der Waals surface area contributed by atoms with Crippen LogP contribution in [0.2, 0.25) is 0 Å². The van der Waals surface area contributed by atoms with Crippen LogP contribution in [0.4, 0.5) is 0 Å². The fraction of sp³-hybridized carbons (Fsp3) is 0.800. The van der Waals surface area contributed by atoms with Gasteiger partial charge in [0, 0.05) is 6.00 Å². The zero-order chi connectivity index (χ0) is 8.77. The Kier molecular flexibility index (Phi) is 1.83. The molecule has 64 valence electrons. The monoisotopic (exact) mass is 162 g/mol. The van der Waals surface area contributed by atoms with Gasteiger partial charge in [-0.15, -0.1) is 0 Å². The fourth-order valence-electron chi connectivity index (χ4n) is 2.58. The fourth-order valence-corrected chi connectivity index (χ4v) is 2.58. The van der Waals surface area contributed by atoms with E-state index in [-0.39, 0.29) is 11.6 Å².